The second kappa shape index (κ2) is 8.52. The van der Waals surface area contributed by atoms with Gasteiger partial charge in [0.1, 0.15) is 17.0 Å². The molecule has 0 aliphatic heterocycles. The van der Waals surface area contributed by atoms with E-state index in [0.29, 0.717) is 16.7 Å². The molecule has 5 nitrogen and oxygen atoms in total. The molecule has 1 aromatic heterocycles. The monoisotopic (exact) mass is 331 g/mol. The van der Waals surface area contributed by atoms with E-state index in [2.05, 4.69) is 16.6 Å². The van der Waals surface area contributed by atoms with Gasteiger partial charge in [-0.1, -0.05) is 32.6 Å². The third-order valence-corrected chi connectivity index (χ3v) is 4.10. The third kappa shape index (κ3) is 4.16. The highest BCUT2D eigenvalue weighted by molar-refractivity contribution is 5.96. The van der Waals surface area contributed by atoms with Crippen LogP contribution in [0.5, 0.6) is 11.5 Å². The molecule has 2 aromatic rings. The van der Waals surface area contributed by atoms with Gasteiger partial charge < -0.3 is 14.6 Å². The van der Waals surface area contributed by atoms with Gasteiger partial charge in [0.25, 0.3) is 0 Å². The number of unbranched alkanes of at least 4 members (excludes halogenated alkanes) is 4. The Kier molecular flexibility index (Phi) is 6.41. The number of aryl methyl sites for hydroxylation is 1. The molecular weight excluding hydrogens is 306 g/mol. The number of methoxy groups -OCH3 is 2. The second-order valence-electron chi connectivity index (χ2n) is 5.88. The lowest BCUT2D eigenvalue weighted by Crippen LogP contribution is -2.05. The number of aromatic hydroxyl groups is 1. The highest BCUT2D eigenvalue weighted by atomic mass is 16.5. The zero-order valence-corrected chi connectivity index (χ0v) is 14.6. The number of carbonyl (C=O) groups excluding carboxylic acids is 1. The molecule has 0 bridgehead atoms. The van der Waals surface area contributed by atoms with Crippen molar-refractivity contribution in [3.8, 4) is 11.5 Å². The zero-order valence-electron chi connectivity index (χ0n) is 14.6. The number of ether oxygens (including phenoxy) is 2. The van der Waals surface area contributed by atoms with Crippen LogP contribution in [0.3, 0.4) is 0 Å². The first-order valence-corrected chi connectivity index (χ1v) is 8.39. The molecule has 0 saturated heterocycles. The molecule has 1 heterocycles. The maximum absolute atomic E-state index is 11.7. The smallest absolute Gasteiger partial charge is 0.356 e. The SMILES string of the molecule is CCCCCCCc1cc(OC)c2nc(C(=O)OC)cc(O)c2c1. The number of carbonyl (C=O) groups is 1. The summed E-state index contributed by atoms with van der Waals surface area (Å²) in [5.41, 5.74) is 1.62. The van der Waals surface area contributed by atoms with Crippen molar-refractivity contribution in [2.24, 2.45) is 0 Å². The van der Waals surface area contributed by atoms with E-state index < -0.39 is 5.97 Å². The molecule has 5 heteroatoms. The minimum Gasteiger partial charge on any atom is -0.507 e. The molecule has 0 saturated carbocycles. The largest absolute Gasteiger partial charge is 0.507 e. The van der Waals surface area contributed by atoms with Crippen molar-refractivity contribution >= 4 is 16.9 Å². The van der Waals surface area contributed by atoms with Gasteiger partial charge >= 0.3 is 5.97 Å². The quantitative estimate of drug-likeness (QED) is 0.578. The Morgan fingerprint density at radius 1 is 1.12 bits per heavy atom. The molecule has 0 aliphatic rings. The normalized spacial score (nSPS) is 10.8. The molecule has 0 atom stereocenters. The van der Waals surface area contributed by atoms with Crippen LogP contribution in [0.4, 0.5) is 0 Å². The number of hydrogen-bond acceptors (Lipinski definition) is 5. The van der Waals surface area contributed by atoms with Crippen molar-refractivity contribution in [2.75, 3.05) is 14.2 Å². The molecule has 0 radical (unpaired) electrons. The van der Waals surface area contributed by atoms with Crippen LogP contribution >= 0.6 is 0 Å². The molecule has 1 aromatic carbocycles. The van der Waals surface area contributed by atoms with E-state index in [1.807, 2.05) is 12.1 Å². The Hall–Kier alpha value is -2.30. The Balaban J connectivity index is 2.31. The molecule has 1 N–H and O–H groups in total. The number of benzene rings is 1. The van der Waals surface area contributed by atoms with Crippen molar-refractivity contribution in [1.29, 1.82) is 0 Å². The molecule has 0 aliphatic carbocycles. The summed E-state index contributed by atoms with van der Waals surface area (Å²) in [7, 11) is 2.84. The lowest BCUT2D eigenvalue weighted by atomic mass is 10.0. The number of aromatic nitrogens is 1. The Labute approximate surface area is 142 Å². The number of hydrogen-bond donors (Lipinski definition) is 1. The van der Waals surface area contributed by atoms with Gasteiger partial charge in [0.05, 0.1) is 14.2 Å². The first-order chi connectivity index (χ1) is 11.6. The lowest BCUT2D eigenvalue weighted by Gasteiger charge is -2.11. The fourth-order valence-corrected chi connectivity index (χ4v) is 2.78. The summed E-state index contributed by atoms with van der Waals surface area (Å²) in [5.74, 6) is -0.0297. The first-order valence-electron chi connectivity index (χ1n) is 8.39. The summed E-state index contributed by atoms with van der Waals surface area (Å²) < 4.78 is 10.1. The summed E-state index contributed by atoms with van der Waals surface area (Å²) in [6.07, 6.45) is 6.96. The van der Waals surface area contributed by atoms with Gasteiger partial charge in [-0.15, -0.1) is 0 Å². The minimum atomic E-state index is -0.589. The molecule has 24 heavy (non-hydrogen) atoms. The molecule has 2 rings (SSSR count). The van der Waals surface area contributed by atoms with Crippen molar-refractivity contribution in [3.05, 3.63) is 29.5 Å². The van der Waals surface area contributed by atoms with Gasteiger partial charge in [-0.2, -0.15) is 0 Å². The number of fused-ring (bicyclic) bond motifs is 1. The molecule has 0 fully saturated rings. The van der Waals surface area contributed by atoms with E-state index in [1.165, 1.54) is 38.9 Å². The maximum atomic E-state index is 11.7. The van der Waals surface area contributed by atoms with E-state index in [1.54, 1.807) is 7.11 Å². The highest BCUT2D eigenvalue weighted by Gasteiger charge is 2.16. The summed E-state index contributed by atoms with van der Waals surface area (Å²) in [6.45, 7) is 2.20. The predicted octanol–water partition coefficient (Wildman–Crippen LogP) is 4.25. The van der Waals surface area contributed by atoms with E-state index >= 15 is 0 Å². The van der Waals surface area contributed by atoms with Gasteiger partial charge in [-0.25, -0.2) is 9.78 Å². The molecule has 0 unspecified atom stereocenters. The van der Waals surface area contributed by atoms with Crippen LogP contribution in [0, 0.1) is 0 Å². The topological polar surface area (TPSA) is 68.7 Å². The standard InChI is InChI=1S/C19H25NO4/c1-4-5-6-7-8-9-13-10-14-16(21)12-15(19(22)24-3)20-18(14)17(11-13)23-2/h10-12H,4-9H2,1-3H3,(H,20,21). The van der Waals surface area contributed by atoms with E-state index in [4.69, 9.17) is 4.74 Å². The maximum Gasteiger partial charge on any atom is 0.356 e. The Morgan fingerprint density at radius 3 is 2.54 bits per heavy atom. The fourth-order valence-electron chi connectivity index (χ4n) is 2.78. The van der Waals surface area contributed by atoms with Crippen LogP contribution in [0.25, 0.3) is 10.9 Å². The Bertz CT molecular complexity index is 712. The first kappa shape index (κ1) is 18.0. The third-order valence-electron chi connectivity index (χ3n) is 4.10. The molecule has 130 valence electrons. The Morgan fingerprint density at radius 2 is 1.88 bits per heavy atom. The van der Waals surface area contributed by atoms with Crippen LogP contribution in [0.2, 0.25) is 0 Å². The van der Waals surface area contributed by atoms with Crippen LogP contribution in [-0.2, 0) is 11.2 Å². The molecular formula is C19H25NO4. The predicted molar refractivity (Wildman–Crippen MR) is 93.8 cm³/mol. The summed E-state index contributed by atoms with van der Waals surface area (Å²) in [6, 6.07) is 5.18. The molecule has 0 spiro atoms. The van der Waals surface area contributed by atoms with Gasteiger partial charge in [-0.05, 0) is 30.5 Å². The fraction of sp³-hybridized carbons (Fsp3) is 0.474. The summed E-state index contributed by atoms with van der Waals surface area (Å²) in [4.78, 5) is 15.9. The number of esters is 1. The van der Waals surface area contributed by atoms with Gasteiger partial charge in [0.2, 0.25) is 0 Å². The average molecular weight is 331 g/mol. The van der Waals surface area contributed by atoms with Crippen molar-refractivity contribution in [2.45, 2.75) is 45.4 Å². The number of pyridine rings is 1. The van der Waals surface area contributed by atoms with E-state index in [9.17, 15) is 9.90 Å². The highest BCUT2D eigenvalue weighted by Crippen LogP contribution is 2.33. The molecule has 0 amide bonds. The van der Waals surface area contributed by atoms with Crippen LogP contribution in [0.1, 0.15) is 55.1 Å². The van der Waals surface area contributed by atoms with Crippen LogP contribution < -0.4 is 4.74 Å². The van der Waals surface area contributed by atoms with Gasteiger partial charge in [-0.3, -0.25) is 0 Å². The van der Waals surface area contributed by atoms with Crippen molar-refractivity contribution in [1.82, 2.24) is 4.98 Å². The van der Waals surface area contributed by atoms with Gasteiger partial charge in [0, 0.05) is 11.5 Å². The van der Waals surface area contributed by atoms with Crippen LogP contribution in [-0.4, -0.2) is 30.3 Å². The number of nitrogens with zero attached hydrogens (tertiary/aromatic N) is 1. The number of rotatable bonds is 8. The van der Waals surface area contributed by atoms with Crippen molar-refractivity contribution < 1.29 is 19.4 Å². The second-order valence-corrected chi connectivity index (χ2v) is 5.88. The summed E-state index contributed by atoms with van der Waals surface area (Å²) in [5, 5.41) is 10.9. The van der Waals surface area contributed by atoms with E-state index in [0.717, 1.165) is 18.4 Å². The van der Waals surface area contributed by atoms with Crippen LogP contribution in [0.15, 0.2) is 18.2 Å². The lowest BCUT2D eigenvalue weighted by molar-refractivity contribution is 0.0594. The average Bonchev–Trinajstić information content (AvgIpc) is 2.60. The summed E-state index contributed by atoms with van der Waals surface area (Å²) >= 11 is 0. The zero-order chi connectivity index (χ0) is 17.5. The minimum absolute atomic E-state index is 0.00605. The van der Waals surface area contributed by atoms with E-state index in [-0.39, 0.29) is 11.4 Å². The van der Waals surface area contributed by atoms with Gasteiger partial charge in [0.15, 0.2) is 5.69 Å². The van der Waals surface area contributed by atoms with Crippen molar-refractivity contribution in [3.63, 3.8) is 0 Å².